The van der Waals surface area contributed by atoms with Crippen molar-refractivity contribution in [2.24, 2.45) is 5.92 Å². The molecule has 2 fully saturated rings. The van der Waals surface area contributed by atoms with Gasteiger partial charge >= 0.3 is 6.09 Å². The number of rotatable bonds is 6. The summed E-state index contributed by atoms with van der Waals surface area (Å²) < 4.78 is 4.91. The molecular formula is C18H23N3O4. The normalized spacial score (nSPS) is 17.4. The van der Waals surface area contributed by atoms with Crippen molar-refractivity contribution in [1.82, 2.24) is 10.2 Å². The predicted octanol–water partition coefficient (Wildman–Crippen LogP) is 1.88. The summed E-state index contributed by atoms with van der Waals surface area (Å²) in [7, 11) is 0. The zero-order chi connectivity index (χ0) is 17.6. The third-order valence-electron chi connectivity index (χ3n) is 4.58. The molecule has 0 spiro atoms. The average molecular weight is 345 g/mol. The Kier molecular flexibility index (Phi) is 5.53. The summed E-state index contributed by atoms with van der Waals surface area (Å²) in [5, 5.41) is 5.48. The average Bonchev–Trinajstić information content (AvgIpc) is 3.26. The van der Waals surface area contributed by atoms with Crippen LogP contribution in [0.15, 0.2) is 24.3 Å². The number of amides is 3. The van der Waals surface area contributed by atoms with Gasteiger partial charge in [-0.1, -0.05) is 25.0 Å². The number of ether oxygens (including phenoxy) is 1. The van der Waals surface area contributed by atoms with Crippen LogP contribution < -0.4 is 10.6 Å². The molecule has 25 heavy (non-hydrogen) atoms. The van der Waals surface area contributed by atoms with E-state index in [0.717, 1.165) is 31.2 Å². The smallest absolute Gasteiger partial charge is 0.410 e. The van der Waals surface area contributed by atoms with Crippen molar-refractivity contribution in [3.63, 3.8) is 0 Å². The summed E-state index contributed by atoms with van der Waals surface area (Å²) in [6, 6.07) is 7.32. The van der Waals surface area contributed by atoms with E-state index < -0.39 is 0 Å². The first-order valence-corrected chi connectivity index (χ1v) is 8.70. The highest BCUT2D eigenvalue weighted by atomic mass is 16.6. The zero-order valence-corrected chi connectivity index (χ0v) is 14.1. The second-order valence-corrected chi connectivity index (χ2v) is 6.48. The van der Waals surface area contributed by atoms with E-state index in [4.69, 9.17) is 4.74 Å². The number of cyclic esters (lactones) is 1. The van der Waals surface area contributed by atoms with Crippen molar-refractivity contribution < 1.29 is 19.1 Å². The van der Waals surface area contributed by atoms with E-state index >= 15 is 0 Å². The molecule has 1 saturated carbocycles. The summed E-state index contributed by atoms with van der Waals surface area (Å²) in [5.74, 6) is -0.241. The van der Waals surface area contributed by atoms with Crippen LogP contribution in [0.3, 0.4) is 0 Å². The molecule has 1 heterocycles. The Hall–Kier alpha value is -2.57. The van der Waals surface area contributed by atoms with Gasteiger partial charge in [0.2, 0.25) is 11.8 Å². The van der Waals surface area contributed by atoms with Gasteiger partial charge in [0.05, 0.1) is 13.1 Å². The summed E-state index contributed by atoms with van der Waals surface area (Å²) in [6.07, 6.45) is 3.68. The summed E-state index contributed by atoms with van der Waals surface area (Å²) >= 11 is 0. The maximum absolute atomic E-state index is 12.0. The summed E-state index contributed by atoms with van der Waals surface area (Å²) in [5.41, 5.74) is 1.55. The van der Waals surface area contributed by atoms with Gasteiger partial charge in [-0.25, -0.2) is 4.79 Å². The molecule has 2 aliphatic rings. The molecule has 2 N–H and O–H groups in total. The second-order valence-electron chi connectivity index (χ2n) is 6.48. The fraction of sp³-hybridized carbons (Fsp3) is 0.500. The van der Waals surface area contributed by atoms with E-state index in [1.54, 1.807) is 11.0 Å². The third-order valence-corrected chi connectivity index (χ3v) is 4.58. The Bertz CT molecular complexity index is 655. The minimum Gasteiger partial charge on any atom is -0.448 e. The minimum absolute atomic E-state index is 0.0298. The fourth-order valence-corrected chi connectivity index (χ4v) is 3.24. The van der Waals surface area contributed by atoms with Gasteiger partial charge in [-0.05, 0) is 30.5 Å². The van der Waals surface area contributed by atoms with Crippen LogP contribution in [-0.2, 0) is 20.9 Å². The molecule has 1 aromatic rings. The van der Waals surface area contributed by atoms with E-state index in [0.29, 0.717) is 25.4 Å². The van der Waals surface area contributed by atoms with Crippen LogP contribution in [0, 0.1) is 5.92 Å². The van der Waals surface area contributed by atoms with Gasteiger partial charge in [-0.3, -0.25) is 9.59 Å². The van der Waals surface area contributed by atoms with Crippen LogP contribution in [0.4, 0.5) is 10.5 Å². The Labute approximate surface area is 146 Å². The maximum atomic E-state index is 12.0. The molecule has 3 rings (SSSR count). The van der Waals surface area contributed by atoms with E-state index in [-0.39, 0.29) is 30.4 Å². The predicted molar refractivity (Wildman–Crippen MR) is 91.8 cm³/mol. The lowest BCUT2D eigenvalue weighted by molar-refractivity contribution is -0.127. The van der Waals surface area contributed by atoms with Crippen LogP contribution in [0.2, 0.25) is 0 Å². The van der Waals surface area contributed by atoms with Crippen LogP contribution in [0.5, 0.6) is 0 Å². The molecule has 1 aliphatic carbocycles. The quantitative estimate of drug-likeness (QED) is 0.824. The zero-order valence-electron chi connectivity index (χ0n) is 14.1. The molecule has 7 heteroatoms. The Morgan fingerprint density at radius 2 is 2.04 bits per heavy atom. The van der Waals surface area contributed by atoms with E-state index in [9.17, 15) is 14.4 Å². The first-order chi connectivity index (χ1) is 12.1. The van der Waals surface area contributed by atoms with Crippen molar-refractivity contribution >= 4 is 23.6 Å². The number of carbonyl (C=O) groups is 3. The van der Waals surface area contributed by atoms with Gasteiger partial charge < -0.3 is 20.3 Å². The monoisotopic (exact) mass is 345 g/mol. The highest BCUT2D eigenvalue weighted by molar-refractivity contribution is 5.94. The highest BCUT2D eigenvalue weighted by Gasteiger charge is 2.23. The molecule has 0 atom stereocenters. The van der Waals surface area contributed by atoms with Crippen LogP contribution in [0.25, 0.3) is 0 Å². The largest absolute Gasteiger partial charge is 0.448 e. The van der Waals surface area contributed by atoms with Crippen molar-refractivity contribution in [3.8, 4) is 0 Å². The lowest BCUT2D eigenvalue weighted by Crippen LogP contribution is -2.36. The van der Waals surface area contributed by atoms with Crippen molar-refractivity contribution in [2.75, 3.05) is 25.0 Å². The topological polar surface area (TPSA) is 87.7 Å². The molecule has 0 radical (unpaired) electrons. The van der Waals surface area contributed by atoms with Crippen molar-refractivity contribution in [3.05, 3.63) is 29.8 Å². The molecule has 3 amide bonds. The SMILES string of the molecule is O=C(CNC(=O)C1CCCC1)Nc1cccc(CN2CCOC2=O)c1. The Balaban J connectivity index is 1.48. The highest BCUT2D eigenvalue weighted by Crippen LogP contribution is 2.24. The van der Waals surface area contributed by atoms with Crippen LogP contribution >= 0.6 is 0 Å². The van der Waals surface area contributed by atoms with Gasteiger partial charge in [0.15, 0.2) is 0 Å². The number of benzene rings is 1. The van der Waals surface area contributed by atoms with E-state index in [1.165, 1.54) is 0 Å². The molecule has 1 aromatic carbocycles. The van der Waals surface area contributed by atoms with E-state index in [1.807, 2.05) is 18.2 Å². The minimum atomic E-state index is -0.316. The number of hydrogen-bond acceptors (Lipinski definition) is 4. The van der Waals surface area contributed by atoms with Gasteiger partial charge in [0, 0.05) is 18.2 Å². The molecule has 134 valence electrons. The van der Waals surface area contributed by atoms with Gasteiger partial charge in [-0.15, -0.1) is 0 Å². The molecule has 7 nitrogen and oxygen atoms in total. The lowest BCUT2D eigenvalue weighted by Gasteiger charge is -2.14. The number of nitrogens with one attached hydrogen (secondary N) is 2. The molecule has 0 aromatic heterocycles. The number of hydrogen-bond donors (Lipinski definition) is 2. The molecule has 0 unspecified atom stereocenters. The van der Waals surface area contributed by atoms with Crippen molar-refractivity contribution in [1.29, 1.82) is 0 Å². The van der Waals surface area contributed by atoms with Gasteiger partial charge in [0.25, 0.3) is 0 Å². The molecule has 1 aliphatic heterocycles. The third kappa shape index (κ3) is 4.71. The summed E-state index contributed by atoms with van der Waals surface area (Å²) in [4.78, 5) is 37.1. The Morgan fingerprint density at radius 1 is 1.24 bits per heavy atom. The Morgan fingerprint density at radius 3 is 2.76 bits per heavy atom. The lowest BCUT2D eigenvalue weighted by atomic mass is 10.1. The van der Waals surface area contributed by atoms with Crippen LogP contribution in [0.1, 0.15) is 31.2 Å². The number of anilines is 1. The first-order valence-electron chi connectivity index (χ1n) is 8.70. The summed E-state index contributed by atoms with van der Waals surface area (Å²) in [6.45, 7) is 1.40. The van der Waals surface area contributed by atoms with Gasteiger partial charge in [-0.2, -0.15) is 0 Å². The fourth-order valence-electron chi connectivity index (χ4n) is 3.24. The van der Waals surface area contributed by atoms with Crippen LogP contribution in [-0.4, -0.2) is 42.5 Å². The van der Waals surface area contributed by atoms with Gasteiger partial charge in [0.1, 0.15) is 6.61 Å². The molecule has 1 saturated heterocycles. The molecule has 0 bridgehead atoms. The second kappa shape index (κ2) is 8.00. The maximum Gasteiger partial charge on any atom is 0.410 e. The molecular weight excluding hydrogens is 322 g/mol. The van der Waals surface area contributed by atoms with E-state index in [2.05, 4.69) is 10.6 Å². The first kappa shape index (κ1) is 17.3. The number of carbonyl (C=O) groups excluding carboxylic acids is 3. The number of nitrogens with zero attached hydrogens (tertiary/aromatic N) is 1. The van der Waals surface area contributed by atoms with Crippen molar-refractivity contribution in [2.45, 2.75) is 32.2 Å². The standard InChI is InChI=1S/C18H23N3O4/c22-16(11-19-17(23)14-5-1-2-6-14)20-15-7-3-4-13(10-15)12-21-8-9-25-18(21)24/h3-4,7,10,14H,1-2,5-6,8-9,11-12H2,(H,19,23)(H,20,22).